The van der Waals surface area contributed by atoms with E-state index < -0.39 is 39.0 Å². The molecule has 280 valence electrons. The van der Waals surface area contributed by atoms with E-state index in [1.54, 1.807) is 6.08 Å². The second-order valence-corrected chi connectivity index (χ2v) is 15.3. The Morgan fingerprint density at radius 2 is 0.939 bits per heavy atom. The molecule has 1 fully saturated rings. The average molecular weight is 707 g/mol. The lowest BCUT2D eigenvalue weighted by atomic mass is 10.0. The lowest BCUT2D eigenvalue weighted by molar-refractivity contribution is -0.127. The Morgan fingerprint density at radius 3 is 1.27 bits per heavy atom. The first-order valence-electron chi connectivity index (χ1n) is 18.0. The van der Waals surface area contributed by atoms with E-state index in [0.29, 0.717) is 0 Å². The van der Waals surface area contributed by atoms with E-state index in [4.69, 9.17) is 18.9 Å². The van der Waals surface area contributed by atoms with Gasteiger partial charge >= 0.3 is 7.82 Å². The fraction of sp³-hybridized carbons (Fsp3) is 0.650. The molecule has 0 aromatic rings. The van der Waals surface area contributed by atoms with E-state index in [-0.39, 0.29) is 6.61 Å². The van der Waals surface area contributed by atoms with Gasteiger partial charge in [0.05, 0.1) is 13.2 Å². The maximum absolute atomic E-state index is 12.2. The van der Waals surface area contributed by atoms with Crippen LogP contribution in [0, 0.1) is 0 Å². The average Bonchev–Trinajstić information content (AvgIpc) is 3.28. The number of ether oxygens (including phenoxy) is 1. The zero-order valence-corrected chi connectivity index (χ0v) is 32.5. The highest BCUT2D eigenvalue weighted by Crippen LogP contribution is 2.46. The molecule has 1 rings (SSSR count). The van der Waals surface area contributed by atoms with Gasteiger partial charge in [-0.1, -0.05) is 81.5 Å². The monoisotopic (exact) mass is 706 g/mol. The standard InChI is InChI=1S/C40H67O8P/c1-30(2)15-9-16-31(3)17-10-18-32(4)19-11-20-33(5)21-12-22-34(6)23-13-24-35(7)25-14-26-36(8)27-28-46-49(44,45)48-40-39(43)38(42)37(29-41)47-40/h15,17,19,21,23,25,27,37-43H,9-14,16,18,20,22,24,26,28-29H2,1-8H3,(H,44,45)/b31-17+,32-19+,33-21+,34-23+,35-25+,36-27+/t37-,38-,39-,40+/m1/s1. The molecule has 0 bridgehead atoms. The van der Waals surface area contributed by atoms with Crippen LogP contribution in [0.1, 0.15) is 132 Å². The maximum atomic E-state index is 12.2. The molecular weight excluding hydrogens is 639 g/mol. The van der Waals surface area contributed by atoms with Gasteiger partial charge in [0.15, 0.2) is 6.29 Å². The number of phosphoric acid groups is 1. The molecule has 0 spiro atoms. The number of phosphoric ester groups is 1. The van der Waals surface area contributed by atoms with Crippen molar-refractivity contribution >= 4 is 7.82 Å². The first-order valence-corrected chi connectivity index (χ1v) is 19.5. The summed E-state index contributed by atoms with van der Waals surface area (Å²) < 4.78 is 27.1. The molecular formula is C40H67O8P. The minimum Gasteiger partial charge on any atom is -0.394 e. The molecule has 1 aliphatic rings. The summed E-state index contributed by atoms with van der Waals surface area (Å²) in [6.45, 7) is 16.7. The quantitative estimate of drug-likeness (QED) is 0.0578. The van der Waals surface area contributed by atoms with Crippen LogP contribution < -0.4 is 0 Å². The molecule has 8 nitrogen and oxygen atoms in total. The predicted octanol–water partition coefficient (Wildman–Crippen LogP) is 9.88. The Labute approximate surface area is 297 Å². The van der Waals surface area contributed by atoms with Gasteiger partial charge in [-0.05, 0) is 132 Å². The van der Waals surface area contributed by atoms with Crippen LogP contribution in [0.2, 0.25) is 0 Å². The third kappa shape index (κ3) is 21.8. The molecule has 1 aliphatic heterocycles. The summed E-state index contributed by atoms with van der Waals surface area (Å²) in [5, 5.41) is 28.7. The highest BCUT2D eigenvalue weighted by molar-refractivity contribution is 7.47. The van der Waals surface area contributed by atoms with E-state index in [2.05, 4.69) is 84.9 Å². The van der Waals surface area contributed by atoms with Crippen molar-refractivity contribution in [3.63, 3.8) is 0 Å². The summed E-state index contributed by atoms with van der Waals surface area (Å²) in [5.41, 5.74) is 9.62. The molecule has 5 atom stereocenters. The van der Waals surface area contributed by atoms with Gasteiger partial charge in [0.2, 0.25) is 0 Å². The molecule has 9 heteroatoms. The molecule has 1 saturated heterocycles. The Kier molecular flexibility index (Phi) is 23.2. The topological polar surface area (TPSA) is 126 Å². The van der Waals surface area contributed by atoms with Crippen molar-refractivity contribution in [3.8, 4) is 0 Å². The van der Waals surface area contributed by atoms with E-state index >= 15 is 0 Å². The Hall–Kier alpha value is -1.87. The Morgan fingerprint density at radius 1 is 0.592 bits per heavy atom. The fourth-order valence-electron chi connectivity index (χ4n) is 5.32. The summed E-state index contributed by atoms with van der Waals surface area (Å²) in [6.07, 6.45) is 22.8. The lowest BCUT2D eigenvalue weighted by Gasteiger charge is -2.18. The van der Waals surface area contributed by atoms with E-state index in [1.807, 2.05) is 6.92 Å². The van der Waals surface area contributed by atoms with Crippen molar-refractivity contribution in [1.29, 1.82) is 0 Å². The highest BCUT2D eigenvalue weighted by Gasteiger charge is 2.46. The van der Waals surface area contributed by atoms with Crippen LogP contribution in [0.15, 0.2) is 81.5 Å². The van der Waals surface area contributed by atoms with Gasteiger partial charge in [0, 0.05) is 0 Å². The number of rotatable bonds is 24. The van der Waals surface area contributed by atoms with Gasteiger partial charge in [-0.15, -0.1) is 0 Å². The van der Waals surface area contributed by atoms with E-state index in [9.17, 15) is 19.7 Å². The van der Waals surface area contributed by atoms with Crippen LogP contribution in [0.3, 0.4) is 0 Å². The minimum absolute atomic E-state index is 0.151. The van der Waals surface area contributed by atoms with E-state index in [1.165, 1.54) is 33.4 Å². The second-order valence-electron chi connectivity index (χ2n) is 13.9. The van der Waals surface area contributed by atoms with Crippen LogP contribution in [0.4, 0.5) is 0 Å². The zero-order valence-electron chi connectivity index (χ0n) is 31.6. The van der Waals surface area contributed by atoms with Gasteiger partial charge in [0.1, 0.15) is 18.3 Å². The van der Waals surface area contributed by atoms with Crippen LogP contribution in [0.25, 0.3) is 0 Å². The van der Waals surface area contributed by atoms with Crippen molar-refractivity contribution in [1.82, 2.24) is 0 Å². The van der Waals surface area contributed by atoms with Crippen molar-refractivity contribution in [2.24, 2.45) is 0 Å². The molecule has 4 N–H and O–H groups in total. The van der Waals surface area contributed by atoms with E-state index in [0.717, 1.165) is 82.6 Å². The largest absolute Gasteiger partial charge is 0.474 e. The van der Waals surface area contributed by atoms with Crippen molar-refractivity contribution in [2.45, 2.75) is 157 Å². The van der Waals surface area contributed by atoms with Crippen LogP contribution >= 0.6 is 7.82 Å². The van der Waals surface area contributed by atoms with Gasteiger partial charge in [-0.25, -0.2) is 4.57 Å². The number of hydrogen-bond donors (Lipinski definition) is 4. The van der Waals surface area contributed by atoms with Crippen LogP contribution in [-0.2, 0) is 18.3 Å². The molecule has 49 heavy (non-hydrogen) atoms. The number of aliphatic hydroxyl groups excluding tert-OH is 3. The van der Waals surface area contributed by atoms with Crippen molar-refractivity contribution in [2.75, 3.05) is 13.2 Å². The fourth-order valence-corrected chi connectivity index (χ4v) is 6.08. The number of aliphatic hydroxyl groups is 3. The van der Waals surface area contributed by atoms with Crippen molar-refractivity contribution < 1.29 is 38.6 Å². The molecule has 0 aromatic heterocycles. The van der Waals surface area contributed by atoms with Crippen LogP contribution in [-0.4, -0.2) is 58.0 Å². The molecule has 0 radical (unpaired) electrons. The van der Waals surface area contributed by atoms with Gasteiger partial charge in [0.25, 0.3) is 0 Å². The Balaban J connectivity index is 2.27. The minimum atomic E-state index is -4.54. The predicted molar refractivity (Wildman–Crippen MR) is 202 cm³/mol. The molecule has 1 unspecified atom stereocenters. The molecule has 1 heterocycles. The lowest BCUT2D eigenvalue weighted by Crippen LogP contribution is -2.34. The van der Waals surface area contributed by atoms with Crippen molar-refractivity contribution in [3.05, 3.63) is 81.5 Å². The first-order chi connectivity index (χ1) is 23.1. The molecule has 0 amide bonds. The summed E-state index contributed by atoms with van der Waals surface area (Å²) in [7, 11) is -4.54. The SMILES string of the molecule is CC(C)=CCC/C(C)=C/CC/C(C)=C/CC/C(C)=C/CC/C(C)=C/CC/C(C)=C/CC/C(C)=C/COP(=O)(O)O[C@@H]1O[C@H](CO)[C@@H](O)[C@H]1O. The second kappa shape index (κ2) is 25.1. The summed E-state index contributed by atoms with van der Waals surface area (Å²) in [5.74, 6) is 0. The van der Waals surface area contributed by atoms with Gasteiger partial charge in [-0.3, -0.25) is 9.05 Å². The zero-order chi connectivity index (χ0) is 36.8. The molecule has 0 saturated carbocycles. The van der Waals surface area contributed by atoms with Gasteiger partial charge < -0.3 is 24.9 Å². The van der Waals surface area contributed by atoms with Crippen LogP contribution in [0.5, 0.6) is 0 Å². The highest BCUT2D eigenvalue weighted by atomic mass is 31.2. The Bertz CT molecular complexity index is 1230. The van der Waals surface area contributed by atoms with Gasteiger partial charge in [-0.2, -0.15) is 0 Å². The third-order valence-corrected chi connectivity index (χ3v) is 9.60. The molecule has 0 aromatic carbocycles. The summed E-state index contributed by atoms with van der Waals surface area (Å²) >= 11 is 0. The third-order valence-electron chi connectivity index (χ3n) is 8.65. The number of allylic oxidation sites excluding steroid dienone is 13. The summed E-state index contributed by atoms with van der Waals surface area (Å²) in [6, 6.07) is 0. The maximum Gasteiger partial charge on any atom is 0.474 e. The number of hydrogen-bond acceptors (Lipinski definition) is 7. The first kappa shape index (κ1) is 45.2. The molecule has 0 aliphatic carbocycles. The smallest absolute Gasteiger partial charge is 0.394 e. The summed E-state index contributed by atoms with van der Waals surface area (Å²) in [4.78, 5) is 9.93. The normalized spacial score (nSPS) is 22.9.